The van der Waals surface area contributed by atoms with Crippen LogP contribution in [0.1, 0.15) is 5.56 Å². The topological polar surface area (TPSA) is 32.8 Å². The van der Waals surface area contributed by atoms with Gasteiger partial charge in [-0.1, -0.05) is 6.07 Å². The van der Waals surface area contributed by atoms with Gasteiger partial charge in [-0.15, -0.1) is 0 Å². The molecule has 0 spiro atoms. The largest absolute Gasteiger partial charge is 0.453 e. The highest BCUT2D eigenvalue weighted by atomic mass is 79.9. The molecule has 1 aliphatic heterocycles. The predicted molar refractivity (Wildman–Crippen MR) is 75.1 cm³/mol. The molecular weight excluding hydrogens is 296 g/mol. The van der Waals surface area contributed by atoms with E-state index in [9.17, 15) is 4.79 Å². The first kappa shape index (κ1) is 13.2. The van der Waals surface area contributed by atoms with Crippen molar-refractivity contribution in [3.05, 3.63) is 28.2 Å². The number of piperazine rings is 1. The summed E-state index contributed by atoms with van der Waals surface area (Å²) in [5, 5.41) is 0. The quantitative estimate of drug-likeness (QED) is 0.799. The van der Waals surface area contributed by atoms with Gasteiger partial charge in [0.1, 0.15) is 0 Å². The smallest absolute Gasteiger partial charge is 0.409 e. The van der Waals surface area contributed by atoms with Gasteiger partial charge in [-0.25, -0.2) is 4.79 Å². The van der Waals surface area contributed by atoms with E-state index in [0.717, 1.165) is 17.6 Å². The van der Waals surface area contributed by atoms with Gasteiger partial charge in [0.25, 0.3) is 0 Å². The van der Waals surface area contributed by atoms with Gasteiger partial charge in [-0.3, -0.25) is 0 Å². The summed E-state index contributed by atoms with van der Waals surface area (Å²) in [4.78, 5) is 15.4. The number of ether oxygens (including phenoxy) is 1. The minimum absolute atomic E-state index is 0.238. The summed E-state index contributed by atoms with van der Waals surface area (Å²) in [5.41, 5.74) is 2.42. The molecule has 0 aliphatic carbocycles. The molecule has 1 amide bonds. The van der Waals surface area contributed by atoms with Gasteiger partial charge in [0.2, 0.25) is 0 Å². The molecule has 0 unspecified atom stereocenters. The first-order chi connectivity index (χ1) is 8.61. The van der Waals surface area contributed by atoms with Crippen LogP contribution in [0, 0.1) is 6.92 Å². The van der Waals surface area contributed by atoms with Gasteiger partial charge in [0, 0.05) is 30.7 Å². The SMILES string of the molecule is COC(=O)N1CCN(c2ccc(C)cc2Br)CC1. The van der Waals surface area contributed by atoms with Crippen molar-refractivity contribution in [2.45, 2.75) is 6.92 Å². The molecule has 5 heteroatoms. The van der Waals surface area contributed by atoms with Crippen LogP contribution in [0.2, 0.25) is 0 Å². The number of hydrogen-bond acceptors (Lipinski definition) is 3. The van der Waals surface area contributed by atoms with E-state index in [0.29, 0.717) is 13.1 Å². The number of nitrogens with zero attached hydrogens (tertiary/aromatic N) is 2. The number of rotatable bonds is 1. The molecule has 2 rings (SSSR count). The highest BCUT2D eigenvalue weighted by Gasteiger charge is 2.22. The average Bonchev–Trinajstić information content (AvgIpc) is 2.38. The third kappa shape index (κ3) is 2.77. The Morgan fingerprint density at radius 2 is 1.94 bits per heavy atom. The molecule has 0 saturated carbocycles. The fourth-order valence-electron chi connectivity index (χ4n) is 2.13. The van der Waals surface area contributed by atoms with Crippen molar-refractivity contribution >= 4 is 27.7 Å². The number of aryl methyl sites for hydroxylation is 1. The van der Waals surface area contributed by atoms with Crippen molar-refractivity contribution in [1.29, 1.82) is 0 Å². The maximum atomic E-state index is 11.4. The van der Waals surface area contributed by atoms with Crippen LogP contribution in [0.25, 0.3) is 0 Å². The number of benzene rings is 1. The van der Waals surface area contributed by atoms with E-state index in [1.54, 1.807) is 4.90 Å². The molecule has 4 nitrogen and oxygen atoms in total. The van der Waals surface area contributed by atoms with Crippen LogP contribution in [-0.2, 0) is 4.74 Å². The number of carbonyl (C=O) groups is 1. The van der Waals surface area contributed by atoms with Gasteiger partial charge in [0.15, 0.2) is 0 Å². The van der Waals surface area contributed by atoms with Crippen molar-refractivity contribution in [2.75, 3.05) is 38.2 Å². The van der Waals surface area contributed by atoms with E-state index >= 15 is 0 Å². The molecule has 1 aromatic carbocycles. The summed E-state index contributed by atoms with van der Waals surface area (Å²) in [5.74, 6) is 0. The van der Waals surface area contributed by atoms with Gasteiger partial charge in [0.05, 0.1) is 12.8 Å². The highest BCUT2D eigenvalue weighted by molar-refractivity contribution is 9.10. The Morgan fingerprint density at radius 3 is 2.50 bits per heavy atom. The molecule has 1 aromatic rings. The molecule has 98 valence electrons. The molecule has 1 fully saturated rings. The van der Waals surface area contributed by atoms with Crippen LogP contribution < -0.4 is 4.90 Å². The molecule has 0 radical (unpaired) electrons. The fraction of sp³-hybridized carbons (Fsp3) is 0.462. The molecule has 18 heavy (non-hydrogen) atoms. The van der Waals surface area contributed by atoms with Crippen LogP contribution in [0.5, 0.6) is 0 Å². The standard InChI is InChI=1S/C13H17BrN2O2/c1-10-3-4-12(11(14)9-10)15-5-7-16(8-6-15)13(17)18-2/h3-4,9H,5-8H2,1-2H3. The van der Waals surface area contributed by atoms with E-state index in [4.69, 9.17) is 4.74 Å². The summed E-state index contributed by atoms with van der Waals surface area (Å²) in [6.07, 6.45) is -0.238. The number of halogens is 1. The molecular formula is C13H17BrN2O2. The van der Waals surface area contributed by atoms with Crippen molar-refractivity contribution in [3.63, 3.8) is 0 Å². The van der Waals surface area contributed by atoms with Gasteiger partial charge in [-0.05, 0) is 40.5 Å². The van der Waals surface area contributed by atoms with Crippen LogP contribution >= 0.6 is 15.9 Å². The summed E-state index contributed by atoms with van der Waals surface area (Å²) in [6.45, 7) is 5.14. The monoisotopic (exact) mass is 312 g/mol. The zero-order valence-corrected chi connectivity index (χ0v) is 12.2. The molecule has 0 atom stereocenters. The normalized spacial score (nSPS) is 15.7. The van der Waals surface area contributed by atoms with E-state index in [2.05, 4.69) is 46.0 Å². The summed E-state index contributed by atoms with van der Waals surface area (Å²) in [6, 6.07) is 6.34. The van der Waals surface area contributed by atoms with E-state index in [1.807, 2.05) is 0 Å². The first-order valence-corrected chi connectivity index (χ1v) is 6.75. The Morgan fingerprint density at radius 1 is 1.28 bits per heavy atom. The summed E-state index contributed by atoms with van der Waals surface area (Å²) < 4.78 is 5.83. The second kappa shape index (κ2) is 5.61. The van der Waals surface area contributed by atoms with Gasteiger partial charge >= 0.3 is 6.09 Å². The molecule has 0 N–H and O–H groups in total. The Bertz CT molecular complexity index is 443. The molecule has 0 bridgehead atoms. The van der Waals surface area contributed by atoms with Crippen LogP contribution in [-0.4, -0.2) is 44.3 Å². The number of hydrogen-bond donors (Lipinski definition) is 0. The van der Waals surface area contributed by atoms with Crippen LogP contribution in [0.15, 0.2) is 22.7 Å². The molecule has 1 heterocycles. The van der Waals surface area contributed by atoms with Gasteiger partial charge in [-0.2, -0.15) is 0 Å². The van der Waals surface area contributed by atoms with E-state index in [1.165, 1.54) is 18.4 Å². The molecule has 1 aliphatic rings. The Hall–Kier alpha value is -1.23. The third-order valence-electron chi connectivity index (χ3n) is 3.16. The van der Waals surface area contributed by atoms with E-state index in [-0.39, 0.29) is 6.09 Å². The number of anilines is 1. The minimum Gasteiger partial charge on any atom is -0.453 e. The second-order valence-corrected chi connectivity index (χ2v) is 5.25. The lowest BCUT2D eigenvalue weighted by molar-refractivity contribution is 0.121. The van der Waals surface area contributed by atoms with Crippen molar-refractivity contribution in [2.24, 2.45) is 0 Å². The lowest BCUT2D eigenvalue weighted by atomic mass is 10.2. The number of carbonyl (C=O) groups excluding carboxylic acids is 1. The molecule has 1 saturated heterocycles. The zero-order chi connectivity index (χ0) is 13.1. The lowest BCUT2D eigenvalue weighted by Gasteiger charge is -2.35. The Balaban J connectivity index is 2.03. The van der Waals surface area contributed by atoms with Crippen molar-refractivity contribution in [1.82, 2.24) is 4.90 Å². The fourth-order valence-corrected chi connectivity index (χ4v) is 2.87. The van der Waals surface area contributed by atoms with Crippen molar-refractivity contribution < 1.29 is 9.53 Å². The summed E-state index contributed by atoms with van der Waals surface area (Å²) >= 11 is 3.59. The summed E-state index contributed by atoms with van der Waals surface area (Å²) in [7, 11) is 1.42. The van der Waals surface area contributed by atoms with Crippen molar-refractivity contribution in [3.8, 4) is 0 Å². The average molecular weight is 313 g/mol. The number of methoxy groups -OCH3 is 1. The predicted octanol–water partition coefficient (Wildman–Crippen LogP) is 2.65. The highest BCUT2D eigenvalue weighted by Crippen LogP contribution is 2.28. The molecule has 0 aromatic heterocycles. The maximum Gasteiger partial charge on any atom is 0.409 e. The minimum atomic E-state index is -0.238. The first-order valence-electron chi connectivity index (χ1n) is 5.96. The zero-order valence-electron chi connectivity index (χ0n) is 10.6. The Labute approximate surface area is 116 Å². The van der Waals surface area contributed by atoms with Crippen LogP contribution in [0.4, 0.5) is 10.5 Å². The third-order valence-corrected chi connectivity index (χ3v) is 3.79. The maximum absolute atomic E-state index is 11.4. The Kier molecular flexibility index (Phi) is 4.11. The van der Waals surface area contributed by atoms with Crippen LogP contribution in [0.3, 0.4) is 0 Å². The lowest BCUT2D eigenvalue weighted by Crippen LogP contribution is -2.48. The van der Waals surface area contributed by atoms with E-state index < -0.39 is 0 Å². The number of amides is 1. The second-order valence-electron chi connectivity index (χ2n) is 4.40. The van der Waals surface area contributed by atoms with Gasteiger partial charge < -0.3 is 14.5 Å².